The van der Waals surface area contributed by atoms with Gasteiger partial charge in [-0.2, -0.15) is 0 Å². The molecule has 0 heterocycles. The van der Waals surface area contributed by atoms with E-state index in [-0.39, 0.29) is 18.6 Å². The molecule has 0 aliphatic carbocycles. The van der Waals surface area contributed by atoms with Crippen molar-refractivity contribution in [2.24, 2.45) is 0 Å². The second-order valence-electron chi connectivity index (χ2n) is 5.02. The summed E-state index contributed by atoms with van der Waals surface area (Å²) in [6.07, 6.45) is 1.31. The molecule has 0 saturated heterocycles. The Balaban J connectivity index is 1.68. The minimum absolute atomic E-state index is 0.0859. The smallest absolute Gasteiger partial charge is 0.317 e. The fourth-order valence-electron chi connectivity index (χ4n) is 2.19. The highest BCUT2D eigenvalue weighted by Crippen LogP contribution is 2.17. The van der Waals surface area contributed by atoms with Gasteiger partial charge in [0.2, 0.25) is 0 Å². The summed E-state index contributed by atoms with van der Waals surface area (Å²) in [5.41, 5.74) is 1.68. The summed E-state index contributed by atoms with van der Waals surface area (Å²) in [6.45, 7) is 2.49. The average Bonchev–Trinajstić information content (AvgIpc) is 2.57. The predicted molar refractivity (Wildman–Crippen MR) is 88.0 cm³/mol. The number of halogens is 1. The van der Waals surface area contributed by atoms with Crippen LogP contribution in [-0.4, -0.2) is 19.3 Å². The van der Waals surface area contributed by atoms with Gasteiger partial charge >= 0.3 is 6.03 Å². The standard InChI is InChI=1S/C18H21FN2O2/c1-2-14-7-4-6-10-17(14)23-13-21-18(22)20-12-11-15-8-3-5-9-16(15)19/h3-10H,2,11-13H2,1H3,(H2,20,21,22). The van der Waals surface area contributed by atoms with Gasteiger partial charge in [-0.3, -0.25) is 0 Å². The van der Waals surface area contributed by atoms with Crippen molar-refractivity contribution in [1.82, 2.24) is 10.6 Å². The molecule has 2 amide bonds. The van der Waals surface area contributed by atoms with Crippen molar-refractivity contribution in [1.29, 1.82) is 0 Å². The predicted octanol–water partition coefficient (Wildman–Crippen LogP) is 3.27. The van der Waals surface area contributed by atoms with Crippen molar-refractivity contribution >= 4 is 6.03 Å². The highest BCUT2D eigenvalue weighted by molar-refractivity contribution is 5.73. The molecule has 0 aliphatic rings. The van der Waals surface area contributed by atoms with Crippen LogP contribution in [0.3, 0.4) is 0 Å². The molecular weight excluding hydrogens is 295 g/mol. The van der Waals surface area contributed by atoms with Crippen LogP contribution in [-0.2, 0) is 12.8 Å². The summed E-state index contributed by atoms with van der Waals surface area (Å²) < 4.78 is 19.0. The van der Waals surface area contributed by atoms with Gasteiger partial charge in [0.15, 0.2) is 6.73 Å². The lowest BCUT2D eigenvalue weighted by molar-refractivity contribution is 0.223. The third-order valence-electron chi connectivity index (χ3n) is 3.45. The number of para-hydroxylation sites is 1. The topological polar surface area (TPSA) is 50.4 Å². The zero-order valence-corrected chi connectivity index (χ0v) is 13.1. The zero-order valence-electron chi connectivity index (χ0n) is 13.1. The van der Waals surface area contributed by atoms with Gasteiger partial charge in [-0.15, -0.1) is 0 Å². The average molecular weight is 316 g/mol. The summed E-state index contributed by atoms with van der Waals surface area (Å²) >= 11 is 0. The first kappa shape index (κ1) is 16.8. The van der Waals surface area contributed by atoms with Crippen LogP contribution in [0.15, 0.2) is 48.5 Å². The molecule has 5 heteroatoms. The van der Waals surface area contributed by atoms with E-state index in [2.05, 4.69) is 10.6 Å². The molecule has 0 spiro atoms. The normalized spacial score (nSPS) is 10.2. The summed E-state index contributed by atoms with van der Waals surface area (Å²) in [5.74, 6) is 0.510. The number of carbonyl (C=O) groups is 1. The van der Waals surface area contributed by atoms with Crippen LogP contribution in [0, 0.1) is 5.82 Å². The first-order chi connectivity index (χ1) is 11.2. The molecule has 0 saturated carbocycles. The number of benzene rings is 2. The fourth-order valence-corrected chi connectivity index (χ4v) is 2.19. The molecule has 0 aliphatic heterocycles. The zero-order chi connectivity index (χ0) is 16.5. The van der Waals surface area contributed by atoms with Crippen LogP contribution >= 0.6 is 0 Å². The van der Waals surface area contributed by atoms with Gasteiger partial charge in [-0.25, -0.2) is 9.18 Å². The van der Waals surface area contributed by atoms with E-state index in [1.807, 2.05) is 31.2 Å². The number of aryl methyl sites for hydroxylation is 1. The summed E-state index contributed by atoms with van der Waals surface area (Å²) in [5, 5.41) is 5.29. The number of amides is 2. The number of urea groups is 1. The van der Waals surface area contributed by atoms with Crippen molar-refractivity contribution in [2.75, 3.05) is 13.3 Å². The Morgan fingerprint density at radius 1 is 1.04 bits per heavy atom. The van der Waals surface area contributed by atoms with E-state index < -0.39 is 0 Å². The summed E-state index contributed by atoms with van der Waals surface area (Å²) in [6, 6.07) is 13.9. The van der Waals surface area contributed by atoms with E-state index in [1.54, 1.807) is 18.2 Å². The quantitative estimate of drug-likeness (QED) is 0.770. The maximum absolute atomic E-state index is 13.4. The Morgan fingerprint density at radius 2 is 1.74 bits per heavy atom. The molecular formula is C18H21FN2O2. The molecule has 0 radical (unpaired) electrons. The Morgan fingerprint density at radius 3 is 2.48 bits per heavy atom. The van der Waals surface area contributed by atoms with Gasteiger partial charge in [0.05, 0.1) is 0 Å². The fraction of sp³-hybridized carbons (Fsp3) is 0.278. The Labute approximate surface area is 135 Å². The summed E-state index contributed by atoms with van der Waals surface area (Å²) in [7, 11) is 0. The molecule has 4 nitrogen and oxygen atoms in total. The molecule has 0 aromatic heterocycles. The van der Waals surface area contributed by atoms with Gasteiger partial charge in [-0.1, -0.05) is 43.3 Å². The van der Waals surface area contributed by atoms with Gasteiger partial charge in [0.25, 0.3) is 0 Å². The molecule has 2 rings (SSSR count). The minimum Gasteiger partial charge on any atom is -0.473 e. The Hall–Kier alpha value is -2.56. The number of hydrogen-bond acceptors (Lipinski definition) is 2. The Bertz CT molecular complexity index is 646. The molecule has 0 unspecified atom stereocenters. The van der Waals surface area contributed by atoms with Crippen LogP contribution in [0.2, 0.25) is 0 Å². The molecule has 2 aromatic rings. The second-order valence-corrected chi connectivity index (χ2v) is 5.02. The van der Waals surface area contributed by atoms with E-state index in [9.17, 15) is 9.18 Å². The monoisotopic (exact) mass is 316 g/mol. The number of ether oxygens (including phenoxy) is 1. The lowest BCUT2D eigenvalue weighted by Crippen LogP contribution is -2.38. The van der Waals surface area contributed by atoms with Crippen molar-refractivity contribution in [2.45, 2.75) is 19.8 Å². The van der Waals surface area contributed by atoms with E-state index in [0.29, 0.717) is 18.5 Å². The molecule has 122 valence electrons. The van der Waals surface area contributed by atoms with Crippen molar-refractivity contribution < 1.29 is 13.9 Å². The van der Waals surface area contributed by atoms with Crippen molar-refractivity contribution in [3.63, 3.8) is 0 Å². The van der Waals surface area contributed by atoms with Crippen LogP contribution in [0.5, 0.6) is 5.75 Å². The highest BCUT2D eigenvalue weighted by Gasteiger charge is 2.04. The Kier molecular flexibility index (Phi) is 6.41. The summed E-state index contributed by atoms with van der Waals surface area (Å²) in [4.78, 5) is 11.7. The molecule has 23 heavy (non-hydrogen) atoms. The van der Waals surface area contributed by atoms with Gasteiger partial charge < -0.3 is 15.4 Å². The van der Waals surface area contributed by atoms with Crippen LogP contribution in [0.25, 0.3) is 0 Å². The minimum atomic E-state index is -0.338. The van der Waals surface area contributed by atoms with E-state index >= 15 is 0 Å². The van der Waals surface area contributed by atoms with E-state index in [0.717, 1.165) is 17.7 Å². The van der Waals surface area contributed by atoms with E-state index in [1.165, 1.54) is 6.07 Å². The lowest BCUT2D eigenvalue weighted by atomic mass is 10.1. The SMILES string of the molecule is CCc1ccccc1OCNC(=O)NCCc1ccccc1F. The number of rotatable bonds is 7. The van der Waals surface area contributed by atoms with Crippen molar-refractivity contribution in [3.05, 3.63) is 65.5 Å². The second kappa shape index (κ2) is 8.78. The molecule has 0 bridgehead atoms. The number of nitrogens with one attached hydrogen (secondary N) is 2. The highest BCUT2D eigenvalue weighted by atomic mass is 19.1. The van der Waals surface area contributed by atoms with Gasteiger partial charge in [-0.05, 0) is 36.1 Å². The maximum atomic E-state index is 13.4. The molecule has 2 N–H and O–H groups in total. The van der Waals surface area contributed by atoms with E-state index in [4.69, 9.17) is 4.74 Å². The lowest BCUT2D eigenvalue weighted by Gasteiger charge is -2.12. The van der Waals surface area contributed by atoms with Crippen LogP contribution < -0.4 is 15.4 Å². The first-order valence-electron chi connectivity index (χ1n) is 7.66. The van der Waals surface area contributed by atoms with Gasteiger partial charge in [0.1, 0.15) is 11.6 Å². The van der Waals surface area contributed by atoms with Crippen LogP contribution in [0.4, 0.5) is 9.18 Å². The first-order valence-corrected chi connectivity index (χ1v) is 7.66. The maximum Gasteiger partial charge on any atom is 0.317 e. The molecule has 2 aromatic carbocycles. The molecule has 0 fully saturated rings. The number of hydrogen-bond donors (Lipinski definition) is 2. The number of carbonyl (C=O) groups excluding carboxylic acids is 1. The largest absolute Gasteiger partial charge is 0.473 e. The third kappa shape index (κ3) is 5.29. The van der Waals surface area contributed by atoms with Gasteiger partial charge in [0, 0.05) is 6.54 Å². The van der Waals surface area contributed by atoms with Crippen LogP contribution in [0.1, 0.15) is 18.1 Å². The third-order valence-corrected chi connectivity index (χ3v) is 3.45. The molecule has 0 atom stereocenters. The van der Waals surface area contributed by atoms with Crippen molar-refractivity contribution in [3.8, 4) is 5.75 Å².